The molecule has 1 rings (SSSR count). The van der Waals surface area contributed by atoms with Gasteiger partial charge < -0.3 is 9.84 Å². The molecule has 1 aliphatic heterocycles. The fourth-order valence-electron chi connectivity index (χ4n) is 1.70. The lowest BCUT2D eigenvalue weighted by molar-refractivity contribution is -0.0418. The molecule has 0 spiro atoms. The number of rotatable bonds is 2. The number of aliphatic hydroxyl groups is 1. The molecule has 0 radical (unpaired) electrons. The van der Waals surface area contributed by atoms with Gasteiger partial charge in [-0.15, -0.1) is 0 Å². The van der Waals surface area contributed by atoms with E-state index in [1.54, 1.807) is 0 Å². The minimum Gasteiger partial charge on any atom is -0.396 e. The molecule has 0 saturated carbocycles. The third-order valence-corrected chi connectivity index (χ3v) is 3.03. The summed E-state index contributed by atoms with van der Waals surface area (Å²) in [6.07, 6.45) is 2.03. The first-order chi connectivity index (χ1) is 5.21. The number of aliphatic hydroxyl groups excluding tert-OH is 1. The maximum absolute atomic E-state index is 9.26. The Morgan fingerprint density at radius 3 is 2.18 bits per heavy atom. The second-order valence-electron chi connectivity index (χ2n) is 3.79. The van der Waals surface area contributed by atoms with Crippen LogP contribution in [0.25, 0.3) is 0 Å². The maximum Gasteiger partial charge on any atom is 0.0491 e. The summed E-state index contributed by atoms with van der Waals surface area (Å²) >= 11 is 0. The minimum atomic E-state index is 0.151. The molecule has 1 saturated heterocycles. The van der Waals surface area contributed by atoms with Crippen molar-refractivity contribution in [2.45, 2.75) is 26.7 Å². The SMILES string of the molecule is CC(C)C1(CO)CCOCC1. The van der Waals surface area contributed by atoms with Crippen molar-refractivity contribution in [1.82, 2.24) is 0 Å². The van der Waals surface area contributed by atoms with Crippen molar-refractivity contribution in [3.05, 3.63) is 0 Å². The van der Waals surface area contributed by atoms with E-state index in [1.807, 2.05) is 0 Å². The van der Waals surface area contributed by atoms with Crippen LogP contribution in [0, 0.1) is 11.3 Å². The Morgan fingerprint density at radius 2 is 1.91 bits per heavy atom. The average molecular weight is 158 g/mol. The van der Waals surface area contributed by atoms with Crippen LogP contribution in [0.1, 0.15) is 26.7 Å². The van der Waals surface area contributed by atoms with Gasteiger partial charge in [-0.25, -0.2) is 0 Å². The summed E-state index contributed by atoms with van der Waals surface area (Å²) in [4.78, 5) is 0. The summed E-state index contributed by atoms with van der Waals surface area (Å²) < 4.78 is 5.27. The third kappa shape index (κ3) is 1.74. The molecule has 0 aliphatic carbocycles. The molecule has 2 nitrogen and oxygen atoms in total. The van der Waals surface area contributed by atoms with Crippen LogP contribution in [0.15, 0.2) is 0 Å². The first-order valence-electron chi connectivity index (χ1n) is 4.40. The molecule has 11 heavy (non-hydrogen) atoms. The Labute approximate surface area is 68.6 Å². The largest absolute Gasteiger partial charge is 0.396 e. The summed E-state index contributed by atoms with van der Waals surface area (Å²) in [6.45, 7) is 6.31. The predicted octanol–water partition coefficient (Wildman–Crippen LogP) is 1.43. The van der Waals surface area contributed by atoms with Gasteiger partial charge in [0.05, 0.1) is 0 Å². The van der Waals surface area contributed by atoms with Crippen molar-refractivity contribution in [3.8, 4) is 0 Å². The molecule has 0 amide bonds. The van der Waals surface area contributed by atoms with Crippen molar-refractivity contribution < 1.29 is 9.84 Å². The Balaban J connectivity index is 2.57. The van der Waals surface area contributed by atoms with E-state index in [2.05, 4.69) is 13.8 Å². The van der Waals surface area contributed by atoms with Gasteiger partial charge >= 0.3 is 0 Å². The predicted molar refractivity (Wildman–Crippen MR) is 44.4 cm³/mol. The van der Waals surface area contributed by atoms with E-state index >= 15 is 0 Å². The first-order valence-corrected chi connectivity index (χ1v) is 4.40. The Hall–Kier alpha value is -0.0800. The zero-order valence-corrected chi connectivity index (χ0v) is 7.47. The van der Waals surface area contributed by atoms with Gasteiger partial charge in [0, 0.05) is 25.2 Å². The van der Waals surface area contributed by atoms with Crippen molar-refractivity contribution >= 4 is 0 Å². The monoisotopic (exact) mass is 158 g/mol. The van der Waals surface area contributed by atoms with Gasteiger partial charge in [0.25, 0.3) is 0 Å². The zero-order valence-electron chi connectivity index (χ0n) is 7.47. The van der Waals surface area contributed by atoms with Crippen LogP contribution >= 0.6 is 0 Å². The molecule has 1 heterocycles. The lowest BCUT2D eigenvalue weighted by Crippen LogP contribution is -2.37. The molecule has 0 aromatic rings. The van der Waals surface area contributed by atoms with Gasteiger partial charge in [0.2, 0.25) is 0 Å². The van der Waals surface area contributed by atoms with Crippen LogP contribution in [0.4, 0.5) is 0 Å². The highest BCUT2D eigenvalue weighted by molar-refractivity contribution is 4.83. The smallest absolute Gasteiger partial charge is 0.0491 e. The van der Waals surface area contributed by atoms with Gasteiger partial charge in [-0.2, -0.15) is 0 Å². The molecule has 1 aliphatic rings. The van der Waals surface area contributed by atoms with Crippen molar-refractivity contribution in [3.63, 3.8) is 0 Å². The second kappa shape index (κ2) is 3.55. The topological polar surface area (TPSA) is 29.5 Å². The maximum atomic E-state index is 9.26. The zero-order chi connectivity index (χ0) is 8.32. The van der Waals surface area contributed by atoms with Crippen molar-refractivity contribution in [2.75, 3.05) is 19.8 Å². The highest BCUT2D eigenvalue weighted by Crippen LogP contribution is 2.37. The molecule has 0 unspecified atom stereocenters. The number of hydrogen-bond donors (Lipinski definition) is 1. The summed E-state index contributed by atoms with van der Waals surface area (Å²) in [5.74, 6) is 0.566. The van der Waals surface area contributed by atoms with Gasteiger partial charge in [-0.05, 0) is 18.8 Å². The standard InChI is InChI=1S/C9H18O2/c1-8(2)9(7-10)3-5-11-6-4-9/h8,10H,3-7H2,1-2H3. The number of ether oxygens (including phenoxy) is 1. The van der Waals surface area contributed by atoms with Crippen LogP contribution in [0.2, 0.25) is 0 Å². The van der Waals surface area contributed by atoms with Crippen LogP contribution in [-0.2, 0) is 4.74 Å². The van der Waals surface area contributed by atoms with Crippen LogP contribution in [-0.4, -0.2) is 24.9 Å². The van der Waals surface area contributed by atoms with Gasteiger partial charge in [0.15, 0.2) is 0 Å². The molecule has 0 aromatic carbocycles. The average Bonchev–Trinajstić information content (AvgIpc) is 2.05. The molecule has 0 aromatic heterocycles. The van der Waals surface area contributed by atoms with E-state index in [0.29, 0.717) is 12.5 Å². The molecule has 2 heteroatoms. The Morgan fingerprint density at radius 1 is 1.36 bits per heavy atom. The molecule has 0 bridgehead atoms. The Bertz CT molecular complexity index is 115. The van der Waals surface area contributed by atoms with E-state index < -0.39 is 0 Å². The highest BCUT2D eigenvalue weighted by atomic mass is 16.5. The fraction of sp³-hybridized carbons (Fsp3) is 1.00. The van der Waals surface area contributed by atoms with E-state index in [4.69, 9.17) is 4.74 Å². The van der Waals surface area contributed by atoms with Crippen molar-refractivity contribution in [2.24, 2.45) is 11.3 Å². The lowest BCUT2D eigenvalue weighted by atomic mass is 9.72. The molecular weight excluding hydrogens is 140 g/mol. The van der Waals surface area contributed by atoms with Gasteiger partial charge in [0.1, 0.15) is 0 Å². The summed E-state index contributed by atoms with van der Waals surface area (Å²) in [6, 6.07) is 0. The lowest BCUT2D eigenvalue weighted by Gasteiger charge is -2.39. The van der Waals surface area contributed by atoms with Gasteiger partial charge in [-0.3, -0.25) is 0 Å². The summed E-state index contributed by atoms with van der Waals surface area (Å²) in [7, 11) is 0. The normalized spacial score (nSPS) is 24.0. The fourth-order valence-corrected chi connectivity index (χ4v) is 1.70. The minimum absolute atomic E-state index is 0.151. The summed E-state index contributed by atoms with van der Waals surface area (Å²) in [5.41, 5.74) is 0.151. The first kappa shape index (κ1) is 9.01. The molecule has 0 atom stereocenters. The van der Waals surface area contributed by atoms with Crippen LogP contribution in [0.5, 0.6) is 0 Å². The Kier molecular flexibility index (Phi) is 2.90. The molecule has 1 N–H and O–H groups in total. The van der Waals surface area contributed by atoms with E-state index in [0.717, 1.165) is 26.1 Å². The molecule has 66 valence electrons. The third-order valence-electron chi connectivity index (χ3n) is 3.03. The molecular formula is C9H18O2. The highest BCUT2D eigenvalue weighted by Gasteiger charge is 2.34. The number of hydrogen-bond acceptors (Lipinski definition) is 2. The van der Waals surface area contributed by atoms with E-state index in [9.17, 15) is 5.11 Å². The quantitative estimate of drug-likeness (QED) is 0.658. The van der Waals surface area contributed by atoms with E-state index in [1.165, 1.54) is 0 Å². The molecule has 1 fully saturated rings. The van der Waals surface area contributed by atoms with Crippen molar-refractivity contribution in [1.29, 1.82) is 0 Å². The summed E-state index contributed by atoms with van der Waals surface area (Å²) in [5, 5.41) is 9.26. The van der Waals surface area contributed by atoms with Crippen LogP contribution < -0.4 is 0 Å². The van der Waals surface area contributed by atoms with E-state index in [-0.39, 0.29) is 5.41 Å². The van der Waals surface area contributed by atoms with Crippen LogP contribution in [0.3, 0.4) is 0 Å². The second-order valence-corrected chi connectivity index (χ2v) is 3.79. The van der Waals surface area contributed by atoms with Gasteiger partial charge in [-0.1, -0.05) is 13.8 Å².